The summed E-state index contributed by atoms with van der Waals surface area (Å²) in [5, 5.41) is 3.90. The Morgan fingerprint density at radius 1 is 1.48 bits per heavy atom. The van der Waals surface area contributed by atoms with E-state index < -0.39 is 23.4 Å². The highest BCUT2D eigenvalue weighted by molar-refractivity contribution is 5.90. The first kappa shape index (κ1) is 17.6. The fraction of sp³-hybridized carbons (Fsp3) is 0.625. The summed E-state index contributed by atoms with van der Waals surface area (Å²) >= 11 is 0. The van der Waals surface area contributed by atoms with Gasteiger partial charge >= 0.3 is 12.1 Å². The molecule has 2 rings (SSSR count). The molecule has 1 fully saturated rings. The van der Waals surface area contributed by atoms with E-state index in [1.807, 2.05) is 0 Å². The van der Waals surface area contributed by atoms with Crippen molar-refractivity contribution in [2.75, 3.05) is 6.61 Å². The normalized spacial score (nSPS) is 21.9. The highest BCUT2D eigenvalue weighted by atomic mass is 19.4. The predicted octanol–water partition coefficient (Wildman–Crippen LogP) is 4.39. The van der Waals surface area contributed by atoms with Crippen LogP contribution in [-0.4, -0.2) is 22.4 Å². The van der Waals surface area contributed by atoms with Crippen LogP contribution in [0.4, 0.5) is 13.2 Å². The molecule has 1 aliphatic rings. The number of nitrogens with zero attached hydrogens (tertiary/aromatic N) is 2. The molecule has 0 radical (unpaired) electrons. The second-order valence-electron chi connectivity index (χ2n) is 5.71. The third-order valence-electron chi connectivity index (χ3n) is 4.21. The summed E-state index contributed by atoms with van der Waals surface area (Å²) < 4.78 is 46.3. The van der Waals surface area contributed by atoms with Crippen molar-refractivity contribution >= 4 is 5.97 Å². The molecular formula is C16H21F3N2O2. The molecule has 1 saturated carbocycles. The molecule has 1 aromatic heterocycles. The molecule has 4 nitrogen and oxygen atoms in total. The first-order valence-electron chi connectivity index (χ1n) is 7.82. The van der Waals surface area contributed by atoms with Gasteiger partial charge in [-0.25, -0.2) is 4.79 Å². The van der Waals surface area contributed by atoms with Crippen LogP contribution in [0.1, 0.15) is 61.1 Å². The molecular weight excluding hydrogens is 309 g/mol. The Bertz CT molecular complexity index is 566. The lowest BCUT2D eigenvalue weighted by atomic mass is 9.82. The van der Waals surface area contributed by atoms with Gasteiger partial charge in [-0.1, -0.05) is 18.9 Å². The number of carbonyl (C=O) groups excluding carboxylic acids is 1. The molecule has 7 heteroatoms. The van der Waals surface area contributed by atoms with Gasteiger partial charge in [0.1, 0.15) is 5.56 Å². The summed E-state index contributed by atoms with van der Waals surface area (Å²) in [6.45, 7) is 5.26. The molecule has 1 heterocycles. The molecule has 128 valence electrons. The fourth-order valence-electron chi connectivity index (χ4n) is 3.25. The van der Waals surface area contributed by atoms with E-state index in [1.54, 1.807) is 13.0 Å². The smallest absolute Gasteiger partial charge is 0.433 e. The molecule has 1 aliphatic carbocycles. The molecule has 0 saturated heterocycles. The molecule has 0 spiro atoms. The minimum absolute atomic E-state index is 0.0177. The summed E-state index contributed by atoms with van der Waals surface area (Å²) in [6.07, 6.45) is 1.97. The third kappa shape index (κ3) is 3.76. The number of hydrogen-bond donors (Lipinski definition) is 0. The van der Waals surface area contributed by atoms with Crippen LogP contribution >= 0.6 is 0 Å². The van der Waals surface area contributed by atoms with Crippen LogP contribution in [0.25, 0.3) is 0 Å². The van der Waals surface area contributed by atoms with E-state index in [0.29, 0.717) is 12.8 Å². The lowest BCUT2D eigenvalue weighted by molar-refractivity contribution is -0.146. The van der Waals surface area contributed by atoms with Gasteiger partial charge in [-0.05, 0) is 32.1 Å². The minimum Gasteiger partial charge on any atom is -0.462 e. The number of alkyl halides is 3. The van der Waals surface area contributed by atoms with Gasteiger partial charge in [0, 0.05) is 0 Å². The maximum atomic E-state index is 13.5. The highest BCUT2D eigenvalue weighted by Crippen LogP contribution is 2.41. The van der Waals surface area contributed by atoms with E-state index in [-0.39, 0.29) is 18.6 Å². The van der Waals surface area contributed by atoms with Crippen LogP contribution in [0, 0.1) is 5.92 Å². The van der Waals surface area contributed by atoms with Crippen molar-refractivity contribution in [1.82, 2.24) is 9.78 Å². The van der Waals surface area contributed by atoms with E-state index in [2.05, 4.69) is 11.7 Å². The van der Waals surface area contributed by atoms with E-state index in [0.717, 1.165) is 30.1 Å². The predicted molar refractivity (Wildman–Crippen MR) is 79.0 cm³/mol. The van der Waals surface area contributed by atoms with E-state index in [4.69, 9.17) is 4.74 Å². The van der Waals surface area contributed by atoms with Gasteiger partial charge in [-0.15, -0.1) is 6.58 Å². The maximum Gasteiger partial charge on any atom is 0.433 e. The molecule has 0 bridgehead atoms. The Morgan fingerprint density at radius 3 is 2.78 bits per heavy atom. The van der Waals surface area contributed by atoms with Crippen molar-refractivity contribution in [2.45, 2.75) is 51.2 Å². The Morgan fingerprint density at radius 2 is 2.17 bits per heavy atom. The van der Waals surface area contributed by atoms with Gasteiger partial charge in [0.2, 0.25) is 0 Å². The summed E-state index contributed by atoms with van der Waals surface area (Å²) in [6, 6.07) is -0.374. The zero-order valence-corrected chi connectivity index (χ0v) is 13.1. The second-order valence-corrected chi connectivity index (χ2v) is 5.71. The number of allylic oxidation sites excluding steroid dienone is 1. The average molecular weight is 330 g/mol. The summed E-state index contributed by atoms with van der Waals surface area (Å²) in [5.41, 5.74) is -1.51. The van der Waals surface area contributed by atoms with Crippen LogP contribution in [0.3, 0.4) is 0 Å². The van der Waals surface area contributed by atoms with E-state index >= 15 is 0 Å². The van der Waals surface area contributed by atoms with Crippen LogP contribution in [0.15, 0.2) is 18.9 Å². The number of rotatable bonds is 5. The fourth-order valence-corrected chi connectivity index (χ4v) is 3.25. The van der Waals surface area contributed by atoms with Crippen LogP contribution < -0.4 is 0 Å². The SMILES string of the molecule is C=CC[C@@H]1CCCC[C@@H]1n1ncc(C(=O)OCC)c1C(F)(F)F. The van der Waals surface area contributed by atoms with Crippen LogP contribution in [0.5, 0.6) is 0 Å². The van der Waals surface area contributed by atoms with Gasteiger partial charge in [-0.2, -0.15) is 18.3 Å². The van der Waals surface area contributed by atoms with Crippen molar-refractivity contribution in [2.24, 2.45) is 5.92 Å². The number of esters is 1. The molecule has 0 unspecified atom stereocenters. The van der Waals surface area contributed by atoms with E-state index in [9.17, 15) is 18.0 Å². The Kier molecular flexibility index (Phi) is 5.49. The standard InChI is InChI=1S/C16H21F3N2O2/c1-3-7-11-8-5-6-9-13(11)21-14(16(17,18)19)12(10-20-21)15(22)23-4-2/h3,10-11,13H,1,4-9H2,2H3/t11-,13+/m1/s1. The van der Waals surface area contributed by atoms with Crippen LogP contribution in [-0.2, 0) is 10.9 Å². The topological polar surface area (TPSA) is 44.1 Å². The quantitative estimate of drug-likeness (QED) is 0.594. The average Bonchev–Trinajstić information content (AvgIpc) is 2.93. The molecule has 1 aromatic rings. The second kappa shape index (κ2) is 7.19. The number of ether oxygens (including phenoxy) is 1. The first-order chi connectivity index (χ1) is 10.9. The monoisotopic (exact) mass is 330 g/mol. The Labute approximate surface area is 133 Å². The van der Waals surface area contributed by atoms with Crippen molar-refractivity contribution in [3.05, 3.63) is 30.1 Å². The third-order valence-corrected chi connectivity index (χ3v) is 4.21. The zero-order valence-electron chi connectivity index (χ0n) is 13.1. The molecule has 0 N–H and O–H groups in total. The van der Waals surface area contributed by atoms with Gasteiger partial charge in [0.25, 0.3) is 0 Å². The lowest BCUT2D eigenvalue weighted by Crippen LogP contribution is -2.28. The summed E-state index contributed by atoms with van der Waals surface area (Å²) in [4.78, 5) is 11.8. The molecule has 23 heavy (non-hydrogen) atoms. The molecule has 0 amide bonds. The lowest BCUT2D eigenvalue weighted by Gasteiger charge is -2.32. The number of hydrogen-bond acceptors (Lipinski definition) is 3. The maximum absolute atomic E-state index is 13.5. The van der Waals surface area contributed by atoms with Gasteiger partial charge in [0.05, 0.1) is 18.8 Å². The highest BCUT2D eigenvalue weighted by Gasteiger charge is 2.43. The van der Waals surface area contributed by atoms with Crippen LogP contribution in [0.2, 0.25) is 0 Å². The number of halogens is 3. The largest absolute Gasteiger partial charge is 0.462 e. The first-order valence-corrected chi connectivity index (χ1v) is 7.82. The van der Waals surface area contributed by atoms with Crippen molar-refractivity contribution in [3.63, 3.8) is 0 Å². The Hall–Kier alpha value is -1.79. The Balaban J connectivity index is 2.45. The van der Waals surface area contributed by atoms with Gasteiger partial charge in [-0.3, -0.25) is 4.68 Å². The number of aromatic nitrogens is 2. The summed E-state index contributed by atoms with van der Waals surface area (Å²) in [5.74, 6) is -0.931. The molecule has 0 aliphatic heterocycles. The summed E-state index contributed by atoms with van der Waals surface area (Å²) in [7, 11) is 0. The zero-order chi connectivity index (χ0) is 17.0. The van der Waals surface area contributed by atoms with Crippen molar-refractivity contribution in [1.29, 1.82) is 0 Å². The molecule has 2 atom stereocenters. The van der Waals surface area contributed by atoms with Gasteiger partial charge in [0.15, 0.2) is 5.69 Å². The molecule has 0 aromatic carbocycles. The van der Waals surface area contributed by atoms with Crippen molar-refractivity contribution < 1.29 is 22.7 Å². The van der Waals surface area contributed by atoms with Crippen molar-refractivity contribution in [3.8, 4) is 0 Å². The van der Waals surface area contributed by atoms with Gasteiger partial charge < -0.3 is 4.74 Å². The number of carbonyl (C=O) groups is 1. The van der Waals surface area contributed by atoms with E-state index in [1.165, 1.54) is 0 Å². The minimum atomic E-state index is -4.66.